The molecule has 1 N–H and O–H groups in total. The number of rotatable bonds is 6. The number of halogens is 2. The zero-order valence-electron chi connectivity index (χ0n) is 15.3. The number of hydrogen-bond acceptors (Lipinski definition) is 2. The van der Waals surface area contributed by atoms with Crippen LogP contribution in [0, 0.1) is 5.82 Å². The second-order valence-corrected chi connectivity index (χ2v) is 6.95. The summed E-state index contributed by atoms with van der Waals surface area (Å²) in [6, 6.07) is 15.3. The van der Waals surface area contributed by atoms with Gasteiger partial charge in [-0.15, -0.1) is 12.4 Å². The van der Waals surface area contributed by atoms with E-state index in [-0.39, 0.29) is 18.2 Å². The van der Waals surface area contributed by atoms with E-state index in [1.54, 1.807) is 12.1 Å². The molecule has 0 radical (unpaired) electrons. The van der Waals surface area contributed by atoms with E-state index < -0.39 is 0 Å². The van der Waals surface area contributed by atoms with E-state index in [2.05, 4.69) is 17.4 Å². The van der Waals surface area contributed by atoms with Crippen molar-refractivity contribution in [2.24, 2.45) is 0 Å². The molecule has 0 aliphatic heterocycles. The van der Waals surface area contributed by atoms with Crippen LogP contribution in [-0.4, -0.2) is 6.04 Å². The predicted octanol–water partition coefficient (Wildman–Crippen LogP) is 6.03. The quantitative estimate of drug-likeness (QED) is 0.663. The number of para-hydroxylation sites is 1. The third-order valence-corrected chi connectivity index (χ3v) is 4.97. The highest BCUT2D eigenvalue weighted by Gasteiger charge is 2.12. The van der Waals surface area contributed by atoms with Gasteiger partial charge in [0, 0.05) is 18.2 Å². The third-order valence-electron chi connectivity index (χ3n) is 4.97. The van der Waals surface area contributed by atoms with Crippen molar-refractivity contribution in [2.45, 2.75) is 64.1 Å². The minimum atomic E-state index is -0.215. The molecule has 0 bridgehead atoms. The average Bonchev–Trinajstić information content (AvgIpc) is 2.61. The van der Waals surface area contributed by atoms with Crippen LogP contribution in [0.15, 0.2) is 48.5 Å². The first-order valence-electron chi connectivity index (χ1n) is 9.50. The lowest BCUT2D eigenvalue weighted by Gasteiger charge is -2.22. The molecule has 0 aromatic heterocycles. The maximum Gasteiger partial charge on any atom is 0.124 e. The van der Waals surface area contributed by atoms with Crippen LogP contribution in [0.2, 0.25) is 0 Å². The highest BCUT2D eigenvalue weighted by molar-refractivity contribution is 5.85. The molecule has 142 valence electrons. The van der Waals surface area contributed by atoms with Crippen LogP contribution in [0.5, 0.6) is 5.75 Å². The molecule has 1 fully saturated rings. The Bertz CT molecular complexity index is 639. The number of nitrogens with one attached hydrogen (secondary N) is 1. The molecule has 1 aliphatic carbocycles. The molecular weight excluding hydrogens is 349 g/mol. The SMILES string of the molecule is Cl.Fc1ccc(COc2ccccc2CNC2CCCCCCC2)cc1. The Morgan fingerprint density at radius 2 is 1.54 bits per heavy atom. The first kappa shape index (κ1) is 20.7. The number of ether oxygens (including phenoxy) is 1. The summed E-state index contributed by atoms with van der Waals surface area (Å²) in [6.07, 6.45) is 9.36. The Kier molecular flexibility index (Phi) is 8.93. The summed E-state index contributed by atoms with van der Waals surface area (Å²) in [5.74, 6) is 0.692. The van der Waals surface area contributed by atoms with Crippen LogP contribution in [0.1, 0.15) is 56.1 Å². The molecule has 4 heteroatoms. The van der Waals surface area contributed by atoms with Crippen molar-refractivity contribution in [3.05, 3.63) is 65.5 Å². The van der Waals surface area contributed by atoms with Gasteiger partial charge >= 0.3 is 0 Å². The van der Waals surface area contributed by atoms with Gasteiger partial charge < -0.3 is 10.1 Å². The normalized spacial score (nSPS) is 15.6. The third kappa shape index (κ3) is 6.62. The second-order valence-electron chi connectivity index (χ2n) is 6.95. The molecule has 2 aromatic rings. The Labute approximate surface area is 162 Å². The molecule has 0 atom stereocenters. The zero-order valence-corrected chi connectivity index (χ0v) is 16.1. The fourth-order valence-electron chi connectivity index (χ4n) is 3.45. The molecule has 0 heterocycles. The largest absolute Gasteiger partial charge is 0.489 e. The molecule has 2 aromatic carbocycles. The molecule has 0 amide bonds. The smallest absolute Gasteiger partial charge is 0.124 e. The van der Waals surface area contributed by atoms with Crippen LogP contribution in [0.3, 0.4) is 0 Å². The summed E-state index contributed by atoms with van der Waals surface area (Å²) in [7, 11) is 0. The van der Waals surface area contributed by atoms with Gasteiger partial charge in [-0.05, 0) is 36.6 Å². The lowest BCUT2D eigenvalue weighted by molar-refractivity contribution is 0.300. The van der Waals surface area contributed by atoms with Crippen LogP contribution in [0.25, 0.3) is 0 Å². The van der Waals surface area contributed by atoms with E-state index in [4.69, 9.17) is 4.74 Å². The van der Waals surface area contributed by atoms with Crippen molar-refractivity contribution >= 4 is 12.4 Å². The fourth-order valence-corrected chi connectivity index (χ4v) is 3.45. The Balaban J connectivity index is 0.00000243. The summed E-state index contributed by atoms with van der Waals surface area (Å²) >= 11 is 0. The average molecular weight is 378 g/mol. The molecule has 1 saturated carbocycles. The van der Waals surface area contributed by atoms with Crippen molar-refractivity contribution in [1.29, 1.82) is 0 Å². The van der Waals surface area contributed by atoms with Gasteiger partial charge in [0.1, 0.15) is 18.2 Å². The van der Waals surface area contributed by atoms with Gasteiger partial charge in [0.05, 0.1) is 0 Å². The fraction of sp³-hybridized carbons (Fsp3) is 0.455. The van der Waals surface area contributed by atoms with Crippen molar-refractivity contribution in [3.8, 4) is 5.75 Å². The van der Waals surface area contributed by atoms with Crippen LogP contribution in [0.4, 0.5) is 4.39 Å². The Hall–Kier alpha value is -1.58. The van der Waals surface area contributed by atoms with E-state index in [0.717, 1.165) is 17.9 Å². The lowest BCUT2D eigenvalue weighted by Crippen LogP contribution is -2.29. The minimum absolute atomic E-state index is 0. The molecule has 0 unspecified atom stereocenters. The molecule has 1 aliphatic rings. The first-order valence-corrected chi connectivity index (χ1v) is 9.50. The maximum absolute atomic E-state index is 13.0. The summed E-state index contributed by atoms with van der Waals surface area (Å²) in [5, 5.41) is 3.72. The van der Waals surface area contributed by atoms with Crippen molar-refractivity contribution in [2.75, 3.05) is 0 Å². The van der Waals surface area contributed by atoms with Gasteiger partial charge in [-0.1, -0.05) is 62.4 Å². The van der Waals surface area contributed by atoms with Gasteiger partial charge in [-0.2, -0.15) is 0 Å². The molecule has 3 rings (SSSR count). The summed E-state index contributed by atoms with van der Waals surface area (Å²) in [6.45, 7) is 1.30. The highest BCUT2D eigenvalue weighted by Crippen LogP contribution is 2.21. The van der Waals surface area contributed by atoms with Crippen molar-refractivity contribution in [3.63, 3.8) is 0 Å². The van der Waals surface area contributed by atoms with E-state index in [9.17, 15) is 4.39 Å². The van der Waals surface area contributed by atoms with Crippen LogP contribution in [-0.2, 0) is 13.2 Å². The van der Waals surface area contributed by atoms with Gasteiger partial charge in [-0.25, -0.2) is 4.39 Å². The Morgan fingerprint density at radius 3 is 2.27 bits per heavy atom. The van der Waals surface area contributed by atoms with Crippen molar-refractivity contribution < 1.29 is 9.13 Å². The molecule has 2 nitrogen and oxygen atoms in total. The van der Waals surface area contributed by atoms with Gasteiger partial charge in [0.2, 0.25) is 0 Å². The van der Waals surface area contributed by atoms with Gasteiger partial charge in [0.15, 0.2) is 0 Å². The summed E-state index contributed by atoms with van der Waals surface area (Å²) in [5.41, 5.74) is 2.16. The van der Waals surface area contributed by atoms with Crippen molar-refractivity contribution in [1.82, 2.24) is 5.32 Å². The van der Waals surface area contributed by atoms with E-state index in [0.29, 0.717) is 12.6 Å². The standard InChI is InChI=1S/C22H28FNO.ClH/c23-20-14-12-18(13-15-20)17-25-22-11-7-6-8-19(22)16-24-21-9-4-2-1-3-5-10-21;/h6-8,11-15,21,24H,1-5,9-10,16-17H2;1H. The predicted molar refractivity (Wildman–Crippen MR) is 107 cm³/mol. The van der Waals surface area contributed by atoms with Crippen LogP contribution < -0.4 is 10.1 Å². The Morgan fingerprint density at radius 1 is 0.885 bits per heavy atom. The maximum atomic E-state index is 13.0. The van der Waals surface area contributed by atoms with E-state index in [1.807, 2.05) is 12.1 Å². The van der Waals surface area contributed by atoms with Gasteiger partial charge in [0.25, 0.3) is 0 Å². The zero-order chi connectivity index (χ0) is 17.3. The molecule has 0 saturated heterocycles. The summed E-state index contributed by atoms with van der Waals surface area (Å²) in [4.78, 5) is 0. The highest BCUT2D eigenvalue weighted by atomic mass is 35.5. The van der Waals surface area contributed by atoms with Crippen LogP contribution >= 0.6 is 12.4 Å². The minimum Gasteiger partial charge on any atom is -0.489 e. The molecular formula is C22H29ClFNO. The van der Waals surface area contributed by atoms with E-state index in [1.165, 1.54) is 62.6 Å². The first-order chi connectivity index (χ1) is 12.3. The van der Waals surface area contributed by atoms with Gasteiger partial charge in [-0.3, -0.25) is 0 Å². The topological polar surface area (TPSA) is 21.3 Å². The number of benzene rings is 2. The second kappa shape index (κ2) is 11.2. The monoisotopic (exact) mass is 377 g/mol. The molecule has 26 heavy (non-hydrogen) atoms. The lowest BCUT2D eigenvalue weighted by atomic mass is 9.96. The van der Waals surface area contributed by atoms with E-state index >= 15 is 0 Å². The number of hydrogen-bond donors (Lipinski definition) is 1. The summed E-state index contributed by atoms with van der Waals surface area (Å²) < 4.78 is 19.0. The molecule has 0 spiro atoms.